The van der Waals surface area contributed by atoms with Gasteiger partial charge in [0.05, 0.1) is 28.1 Å². The minimum Gasteiger partial charge on any atom is -0.352 e. The molecule has 2 saturated heterocycles. The Balaban J connectivity index is 1.45. The van der Waals surface area contributed by atoms with E-state index in [1.807, 2.05) is 0 Å². The molecule has 10 nitrogen and oxygen atoms in total. The predicted molar refractivity (Wildman–Crippen MR) is 126 cm³/mol. The van der Waals surface area contributed by atoms with Gasteiger partial charge in [-0.3, -0.25) is 14.9 Å². The van der Waals surface area contributed by atoms with Crippen LogP contribution >= 0.6 is 0 Å². The quantitative estimate of drug-likeness (QED) is 0.354. The molecular formula is C23H33N7O3. The average molecular weight is 456 g/mol. The molecule has 10 heteroatoms. The van der Waals surface area contributed by atoms with Crippen molar-refractivity contribution < 1.29 is 9.72 Å². The summed E-state index contributed by atoms with van der Waals surface area (Å²) in [7, 11) is 2.15. The van der Waals surface area contributed by atoms with Gasteiger partial charge in [-0.2, -0.15) is 5.10 Å². The highest BCUT2D eigenvalue weighted by atomic mass is 16.6. The van der Waals surface area contributed by atoms with E-state index in [0.717, 1.165) is 76.5 Å². The van der Waals surface area contributed by atoms with Crippen LogP contribution in [0.3, 0.4) is 0 Å². The molecule has 3 heterocycles. The molecule has 1 aromatic carbocycles. The number of likely N-dealkylation sites (N-methyl/N-ethyl adjacent to an activating group) is 1. The molecule has 2 fully saturated rings. The third-order valence-corrected chi connectivity index (χ3v) is 6.61. The number of nitro benzene ring substituents is 1. The molecule has 0 atom stereocenters. The van der Waals surface area contributed by atoms with Gasteiger partial charge in [-0.25, -0.2) is 4.68 Å². The number of amides is 1. The molecular weight excluding hydrogens is 422 g/mol. The Bertz CT molecular complexity index is 945. The molecule has 0 saturated carbocycles. The average Bonchev–Trinajstić information content (AvgIpc) is 3.29. The van der Waals surface area contributed by atoms with Crippen LogP contribution in [0.15, 0.2) is 30.5 Å². The Hall–Kier alpha value is -2.82. The highest BCUT2D eigenvalue weighted by Gasteiger charge is 2.27. The van der Waals surface area contributed by atoms with Crippen LogP contribution in [-0.2, 0) is 0 Å². The zero-order valence-electron chi connectivity index (χ0n) is 19.2. The van der Waals surface area contributed by atoms with E-state index in [1.165, 1.54) is 12.1 Å². The second-order valence-corrected chi connectivity index (χ2v) is 8.91. The third kappa shape index (κ3) is 5.76. The fourth-order valence-electron chi connectivity index (χ4n) is 4.61. The summed E-state index contributed by atoms with van der Waals surface area (Å²) in [5.74, 6) is 0.102. The molecule has 0 unspecified atom stereocenters. The van der Waals surface area contributed by atoms with Gasteiger partial charge in [0.1, 0.15) is 0 Å². The summed E-state index contributed by atoms with van der Waals surface area (Å²) >= 11 is 0. The molecule has 0 aliphatic carbocycles. The number of rotatable bonds is 8. The van der Waals surface area contributed by atoms with Gasteiger partial charge in [-0.05, 0) is 58.1 Å². The summed E-state index contributed by atoms with van der Waals surface area (Å²) in [6, 6.07) is 6.32. The molecule has 0 radical (unpaired) electrons. The van der Waals surface area contributed by atoms with E-state index in [-0.39, 0.29) is 17.5 Å². The standard InChI is InChI=1S/C23H33N7O3/c1-27-13-15-28(16-14-27)12-2-9-25-23(31)21-17-26-29(22(21)18-7-10-24-11-8-18)19-3-5-20(6-4-19)30(32)33/h3-6,17-18,24H,2,7-16H2,1H3,(H,25,31). The number of non-ortho nitro benzene ring substituents is 1. The van der Waals surface area contributed by atoms with Gasteiger partial charge in [0.2, 0.25) is 0 Å². The van der Waals surface area contributed by atoms with Gasteiger partial charge >= 0.3 is 0 Å². The van der Waals surface area contributed by atoms with Crippen LogP contribution in [0, 0.1) is 10.1 Å². The molecule has 0 bridgehead atoms. The normalized spacial score (nSPS) is 18.3. The molecule has 2 aliphatic rings. The SMILES string of the molecule is CN1CCN(CCCNC(=O)c2cnn(-c3ccc([N+](=O)[O-])cc3)c2C2CCNCC2)CC1. The monoisotopic (exact) mass is 455 g/mol. The lowest BCUT2D eigenvalue weighted by Crippen LogP contribution is -2.45. The molecule has 1 amide bonds. The summed E-state index contributed by atoms with van der Waals surface area (Å²) in [5, 5.41) is 22.0. The van der Waals surface area contributed by atoms with E-state index < -0.39 is 4.92 Å². The fraction of sp³-hybridized carbons (Fsp3) is 0.565. The number of nitro groups is 1. The van der Waals surface area contributed by atoms with Crippen LogP contribution in [0.4, 0.5) is 5.69 Å². The minimum absolute atomic E-state index is 0.0349. The first-order valence-electron chi connectivity index (χ1n) is 11.8. The zero-order valence-corrected chi connectivity index (χ0v) is 19.2. The number of hydrogen-bond donors (Lipinski definition) is 2. The molecule has 0 spiro atoms. The van der Waals surface area contributed by atoms with Crippen LogP contribution in [0.5, 0.6) is 0 Å². The molecule has 178 valence electrons. The Labute approximate surface area is 194 Å². The maximum absolute atomic E-state index is 13.1. The van der Waals surface area contributed by atoms with Crippen LogP contribution in [-0.4, -0.2) is 89.8 Å². The second-order valence-electron chi connectivity index (χ2n) is 8.91. The van der Waals surface area contributed by atoms with Crippen molar-refractivity contribution in [2.75, 3.05) is 59.4 Å². The molecule has 2 N–H and O–H groups in total. The van der Waals surface area contributed by atoms with E-state index in [2.05, 4.69) is 32.6 Å². The second kappa shape index (κ2) is 10.9. The maximum atomic E-state index is 13.1. The molecule has 2 aromatic rings. The summed E-state index contributed by atoms with van der Waals surface area (Å²) < 4.78 is 1.78. The summed E-state index contributed by atoms with van der Waals surface area (Å²) in [6.07, 6.45) is 4.38. The molecule has 4 rings (SSSR count). The van der Waals surface area contributed by atoms with Gasteiger partial charge in [-0.1, -0.05) is 0 Å². The van der Waals surface area contributed by atoms with Gasteiger partial charge in [0, 0.05) is 50.8 Å². The maximum Gasteiger partial charge on any atom is 0.269 e. The van der Waals surface area contributed by atoms with Crippen molar-refractivity contribution in [3.05, 3.63) is 51.8 Å². The summed E-state index contributed by atoms with van der Waals surface area (Å²) in [4.78, 5) is 28.5. The minimum atomic E-state index is -0.415. The number of carbonyl (C=O) groups excluding carboxylic acids is 1. The van der Waals surface area contributed by atoms with Crippen LogP contribution in [0.2, 0.25) is 0 Å². The molecule has 1 aromatic heterocycles. The lowest BCUT2D eigenvalue weighted by atomic mass is 9.91. The lowest BCUT2D eigenvalue weighted by molar-refractivity contribution is -0.384. The van der Waals surface area contributed by atoms with Crippen molar-refractivity contribution in [1.29, 1.82) is 0 Å². The van der Waals surface area contributed by atoms with Gasteiger partial charge in [-0.15, -0.1) is 0 Å². The van der Waals surface area contributed by atoms with Crippen LogP contribution in [0.25, 0.3) is 5.69 Å². The number of benzene rings is 1. The zero-order chi connectivity index (χ0) is 23.2. The van der Waals surface area contributed by atoms with Gasteiger partial charge in [0.15, 0.2) is 0 Å². The molecule has 33 heavy (non-hydrogen) atoms. The summed E-state index contributed by atoms with van der Waals surface area (Å²) in [6.45, 7) is 7.72. The highest BCUT2D eigenvalue weighted by Crippen LogP contribution is 2.30. The predicted octanol–water partition coefficient (Wildman–Crippen LogP) is 1.61. The Morgan fingerprint density at radius 3 is 2.55 bits per heavy atom. The number of carbonyl (C=O) groups is 1. The number of hydrogen-bond acceptors (Lipinski definition) is 7. The lowest BCUT2D eigenvalue weighted by Gasteiger charge is -2.32. The van der Waals surface area contributed by atoms with E-state index in [1.54, 1.807) is 23.0 Å². The van der Waals surface area contributed by atoms with Crippen molar-refractivity contribution in [2.45, 2.75) is 25.2 Å². The number of aromatic nitrogens is 2. The largest absolute Gasteiger partial charge is 0.352 e. The summed E-state index contributed by atoms with van der Waals surface area (Å²) in [5.41, 5.74) is 2.25. The smallest absolute Gasteiger partial charge is 0.269 e. The Kier molecular flexibility index (Phi) is 7.69. The van der Waals surface area contributed by atoms with Gasteiger partial charge < -0.3 is 20.4 Å². The third-order valence-electron chi connectivity index (χ3n) is 6.61. The Morgan fingerprint density at radius 1 is 1.18 bits per heavy atom. The van der Waals surface area contributed by atoms with Crippen molar-refractivity contribution in [1.82, 2.24) is 30.2 Å². The van der Waals surface area contributed by atoms with E-state index >= 15 is 0 Å². The van der Waals surface area contributed by atoms with E-state index in [9.17, 15) is 14.9 Å². The number of piperazine rings is 1. The topological polar surface area (TPSA) is 109 Å². The molecule has 2 aliphatic heterocycles. The highest BCUT2D eigenvalue weighted by molar-refractivity contribution is 5.95. The first kappa shape index (κ1) is 23.3. The van der Waals surface area contributed by atoms with Crippen LogP contribution in [0.1, 0.15) is 41.2 Å². The van der Waals surface area contributed by atoms with E-state index in [4.69, 9.17) is 0 Å². The fourth-order valence-corrected chi connectivity index (χ4v) is 4.61. The first-order chi connectivity index (χ1) is 16.0. The van der Waals surface area contributed by atoms with Crippen molar-refractivity contribution >= 4 is 11.6 Å². The number of nitrogens with one attached hydrogen (secondary N) is 2. The van der Waals surface area contributed by atoms with Crippen molar-refractivity contribution in [3.63, 3.8) is 0 Å². The van der Waals surface area contributed by atoms with Crippen molar-refractivity contribution in [2.24, 2.45) is 0 Å². The number of piperidine rings is 1. The van der Waals surface area contributed by atoms with E-state index in [0.29, 0.717) is 12.1 Å². The van der Waals surface area contributed by atoms with Crippen molar-refractivity contribution in [3.8, 4) is 5.69 Å². The van der Waals surface area contributed by atoms with Crippen LogP contribution < -0.4 is 10.6 Å². The Morgan fingerprint density at radius 2 is 1.88 bits per heavy atom. The van der Waals surface area contributed by atoms with Gasteiger partial charge in [0.25, 0.3) is 11.6 Å². The first-order valence-corrected chi connectivity index (χ1v) is 11.8. The number of nitrogens with zero attached hydrogens (tertiary/aromatic N) is 5.